The summed E-state index contributed by atoms with van der Waals surface area (Å²) in [5.41, 5.74) is 1.77. The molecule has 1 aliphatic carbocycles. The summed E-state index contributed by atoms with van der Waals surface area (Å²) in [6.45, 7) is 0. The Kier molecular flexibility index (Phi) is 3.76. The second-order valence-electron chi connectivity index (χ2n) is 5.29. The maximum atomic E-state index is 11.9. The zero-order valence-electron chi connectivity index (χ0n) is 11.2. The van der Waals surface area contributed by atoms with Gasteiger partial charge in [0.25, 0.3) is 5.91 Å². The van der Waals surface area contributed by atoms with E-state index < -0.39 is 0 Å². The minimum absolute atomic E-state index is 0.137. The van der Waals surface area contributed by atoms with Crippen LogP contribution < -0.4 is 5.32 Å². The van der Waals surface area contributed by atoms with Crippen LogP contribution in [0, 0.1) is 0 Å². The zero-order chi connectivity index (χ0) is 13.8. The van der Waals surface area contributed by atoms with Crippen molar-refractivity contribution in [3.8, 4) is 0 Å². The van der Waals surface area contributed by atoms with E-state index in [-0.39, 0.29) is 11.9 Å². The summed E-state index contributed by atoms with van der Waals surface area (Å²) in [5, 5.41) is 12.9. The van der Waals surface area contributed by atoms with Gasteiger partial charge in [-0.15, -0.1) is 0 Å². The minimum Gasteiger partial charge on any atom is -0.348 e. The third kappa shape index (κ3) is 2.87. The van der Waals surface area contributed by atoms with Gasteiger partial charge in [0.2, 0.25) is 0 Å². The molecule has 1 amide bonds. The van der Waals surface area contributed by atoms with E-state index in [2.05, 4.69) is 45.0 Å². The van der Waals surface area contributed by atoms with Crippen LogP contribution in [0.2, 0.25) is 0 Å². The van der Waals surface area contributed by atoms with Crippen molar-refractivity contribution in [1.82, 2.24) is 20.7 Å². The first kappa shape index (κ1) is 12.8. The van der Waals surface area contributed by atoms with Crippen LogP contribution in [0.1, 0.15) is 47.7 Å². The molecule has 0 unspecified atom stereocenters. The predicted octanol–water partition coefficient (Wildman–Crippen LogP) is 2.26. The van der Waals surface area contributed by atoms with Gasteiger partial charge in [-0.1, -0.05) is 30.3 Å². The smallest absolute Gasteiger partial charge is 0.273 e. The molecule has 2 N–H and O–H groups in total. The van der Waals surface area contributed by atoms with E-state index in [1.165, 1.54) is 11.8 Å². The van der Waals surface area contributed by atoms with Gasteiger partial charge in [0.1, 0.15) is 0 Å². The Balaban J connectivity index is 1.53. The van der Waals surface area contributed by atoms with Gasteiger partial charge in [0.15, 0.2) is 5.69 Å². The highest BCUT2D eigenvalue weighted by Crippen LogP contribution is 2.32. The monoisotopic (exact) mass is 270 g/mol. The highest BCUT2D eigenvalue weighted by molar-refractivity contribution is 5.91. The maximum Gasteiger partial charge on any atom is 0.273 e. The van der Waals surface area contributed by atoms with Crippen molar-refractivity contribution in [2.24, 2.45) is 0 Å². The Morgan fingerprint density at radius 3 is 2.55 bits per heavy atom. The van der Waals surface area contributed by atoms with Crippen LogP contribution in [0.25, 0.3) is 0 Å². The van der Waals surface area contributed by atoms with Gasteiger partial charge in [-0.3, -0.25) is 4.79 Å². The Morgan fingerprint density at radius 2 is 1.90 bits per heavy atom. The van der Waals surface area contributed by atoms with Gasteiger partial charge < -0.3 is 5.32 Å². The molecule has 0 atom stereocenters. The molecule has 0 saturated heterocycles. The highest BCUT2D eigenvalue weighted by atomic mass is 16.2. The predicted molar refractivity (Wildman–Crippen MR) is 75.3 cm³/mol. The molecule has 3 rings (SSSR count). The maximum absolute atomic E-state index is 11.9. The average molecular weight is 270 g/mol. The number of aromatic amines is 1. The summed E-state index contributed by atoms with van der Waals surface area (Å²) in [6.07, 6.45) is 5.72. The van der Waals surface area contributed by atoms with Crippen LogP contribution in [0.3, 0.4) is 0 Å². The molecule has 5 heteroatoms. The van der Waals surface area contributed by atoms with Gasteiger partial charge in [0, 0.05) is 6.04 Å². The lowest BCUT2D eigenvalue weighted by Crippen LogP contribution is -2.37. The van der Waals surface area contributed by atoms with Gasteiger partial charge in [-0.25, -0.2) is 0 Å². The molecule has 1 heterocycles. The summed E-state index contributed by atoms with van der Waals surface area (Å²) in [7, 11) is 0. The first-order valence-electron chi connectivity index (χ1n) is 7.04. The minimum atomic E-state index is -0.137. The van der Waals surface area contributed by atoms with Gasteiger partial charge in [-0.05, 0) is 37.2 Å². The number of carbonyl (C=O) groups is 1. The molecule has 0 spiro atoms. The van der Waals surface area contributed by atoms with Gasteiger partial charge in [-0.2, -0.15) is 15.4 Å². The van der Waals surface area contributed by atoms with Crippen molar-refractivity contribution < 1.29 is 4.79 Å². The Bertz CT molecular complexity index is 545. The number of aromatic nitrogens is 3. The molecule has 104 valence electrons. The van der Waals surface area contributed by atoms with Crippen molar-refractivity contribution in [2.45, 2.75) is 37.6 Å². The number of hydrogen-bond donors (Lipinski definition) is 2. The Morgan fingerprint density at radius 1 is 1.15 bits per heavy atom. The van der Waals surface area contributed by atoms with E-state index in [4.69, 9.17) is 0 Å². The lowest BCUT2D eigenvalue weighted by molar-refractivity contribution is 0.0920. The van der Waals surface area contributed by atoms with Gasteiger partial charge >= 0.3 is 0 Å². The normalized spacial score (nSPS) is 22.4. The summed E-state index contributed by atoms with van der Waals surface area (Å²) >= 11 is 0. The quantitative estimate of drug-likeness (QED) is 0.898. The third-order valence-corrected chi connectivity index (χ3v) is 3.98. The number of hydrogen-bond acceptors (Lipinski definition) is 3. The molecule has 1 fully saturated rings. The number of benzene rings is 1. The lowest BCUT2D eigenvalue weighted by atomic mass is 9.82. The number of amides is 1. The second-order valence-corrected chi connectivity index (χ2v) is 5.29. The Labute approximate surface area is 117 Å². The zero-order valence-corrected chi connectivity index (χ0v) is 11.2. The summed E-state index contributed by atoms with van der Waals surface area (Å²) in [4.78, 5) is 11.9. The van der Waals surface area contributed by atoms with Crippen LogP contribution in [-0.2, 0) is 0 Å². The van der Waals surface area contributed by atoms with E-state index in [0.29, 0.717) is 11.6 Å². The largest absolute Gasteiger partial charge is 0.348 e. The second kappa shape index (κ2) is 5.86. The molecular formula is C15H18N4O. The van der Waals surface area contributed by atoms with Crippen molar-refractivity contribution in [2.75, 3.05) is 0 Å². The molecule has 20 heavy (non-hydrogen) atoms. The fourth-order valence-corrected chi connectivity index (χ4v) is 2.87. The van der Waals surface area contributed by atoms with E-state index in [9.17, 15) is 4.79 Å². The molecule has 1 aliphatic rings. The number of nitrogens with zero attached hydrogens (tertiary/aromatic N) is 2. The van der Waals surface area contributed by atoms with E-state index in [1.54, 1.807) is 0 Å². The summed E-state index contributed by atoms with van der Waals surface area (Å²) in [5.74, 6) is 0.485. The molecule has 0 radical (unpaired) electrons. The topological polar surface area (TPSA) is 70.7 Å². The van der Waals surface area contributed by atoms with Gasteiger partial charge in [0.05, 0.1) is 6.20 Å². The SMILES string of the molecule is O=C(NC1CCC(c2ccccc2)CC1)c1cn[nH]n1. The van der Waals surface area contributed by atoms with E-state index in [0.717, 1.165) is 25.7 Å². The molecule has 5 nitrogen and oxygen atoms in total. The fraction of sp³-hybridized carbons (Fsp3) is 0.400. The number of carbonyl (C=O) groups excluding carboxylic acids is 1. The van der Waals surface area contributed by atoms with Crippen molar-refractivity contribution in [3.63, 3.8) is 0 Å². The van der Waals surface area contributed by atoms with E-state index in [1.807, 2.05) is 6.07 Å². The molecule has 1 aromatic heterocycles. The lowest BCUT2D eigenvalue weighted by Gasteiger charge is -2.29. The molecule has 2 aromatic rings. The fourth-order valence-electron chi connectivity index (χ4n) is 2.87. The molecule has 0 aliphatic heterocycles. The Hall–Kier alpha value is -2.17. The molecular weight excluding hydrogens is 252 g/mol. The van der Waals surface area contributed by atoms with Crippen LogP contribution in [0.15, 0.2) is 36.5 Å². The third-order valence-electron chi connectivity index (χ3n) is 3.98. The number of rotatable bonds is 3. The number of H-pyrrole nitrogens is 1. The van der Waals surface area contributed by atoms with Crippen molar-refractivity contribution >= 4 is 5.91 Å². The summed E-state index contributed by atoms with van der Waals surface area (Å²) in [6, 6.07) is 10.9. The molecule has 0 bridgehead atoms. The summed E-state index contributed by atoms with van der Waals surface area (Å²) < 4.78 is 0. The van der Waals surface area contributed by atoms with Crippen LogP contribution in [-0.4, -0.2) is 27.4 Å². The van der Waals surface area contributed by atoms with E-state index >= 15 is 0 Å². The highest BCUT2D eigenvalue weighted by Gasteiger charge is 2.24. The number of nitrogens with one attached hydrogen (secondary N) is 2. The standard InChI is InChI=1S/C15H18N4O/c20-15(14-10-16-19-18-14)17-13-8-6-12(7-9-13)11-4-2-1-3-5-11/h1-5,10,12-13H,6-9H2,(H,17,20)(H,16,18,19). The molecule has 1 saturated carbocycles. The average Bonchev–Trinajstić information content (AvgIpc) is 3.03. The van der Waals surface area contributed by atoms with Crippen LogP contribution in [0.4, 0.5) is 0 Å². The first-order valence-corrected chi connectivity index (χ1v) is 7.04. The van der Waals surface area contributed by atoms with Crippen LogP contribution >= 0.6 is 0 Å². The van der Waals surface area contributed by atoms with Crippen molar-refractivity contribution in [3.05, 3.63) is 47.8 Å². The molecule has 1 aromatic carbocycles. The first-order chi connectivity index (χ1) is 9.83. The van der Waals surface area contributed by atoms with Crippen molar-refractivity contribution in [1.29, 1.82) is 0 Å². The van der Waals surface area contributed by atoms with Crippen LogP contribution in [0.5, 0.6) is 0 Å².